The molecule has 0 aromatic heterocycles. The van der Waals surface area contributed by atoms with Gasteiger partial charge >= 0.3 is 0 Å². The first-order valence-corrected chi connectivity index (χ1v) is 11.1. The standard InChI is InChI=1S/C23H33N3O/c27-22-23(26(17-24-22)19-9-6-10-19)13-15-25(16-14-23)21-12-5-4-11-20(21)18-7-2-1-3-8-18/h1-3,7-8,19-21H,4-6,9-17H2,(H,24,27). The Morgan fingerprint density at radius 2 is 1.67 bits per heavy atom. The highest BCUT2D eigenvalue weighted by molar-refractivity contribution is 5.88. The number of benzene rings is 1. The van der Waals surface area contributed by atoms with E-state index in [0.29, 0.717) is 23.9 Å². The van der Waals surface area contributed by atoms with Crippen molar-refractivity contribution in [1.82, 2.24) is 15.1 Å². The predicted octanol–water partition coefficient (Wildman–Crippen LogP) is 3.49. The minimum absolute atomic E-state index is 0.210. The molecule has 2 unspecified atom stereocenters. The van der Waals surface area contributed by atoms with Crippen LogP contribution in [0.2, 0.25) is 0 Å². The SMILES string of the molecule is O=C1NCN(C2CCC2)C12CCN(C1CCCCC1c1ccccc1)CC2. The molecule has 4 heteroatoms. The molecule has 4 nitrogen and oxygen atoms in total. The monoisotopic (exact) mass is 367 g/mol. The van der Waals surface area contributed by atoms with Gasteiger partial charge in [-0.1, -0.05) is 49.6 Å². The summed E-state index contributed by atoms with van der Waals surface area (Å²) in [7, 11) is 0. The normalized spacial score (nSPS) is 32.4. The third-order valence-electron chi connectivity index (χ3n) is 7.95. The number of rotatable bonds is 3. The second-order valence-electron chi connectivity index (χ2n) is 9.16. The third-order valence-corrected chi connectivity index (χ3v) is 7.95. The van der Waals surface area contributed by atoms with Crippen molar-refractivity contribution in [2.45, 2.75) is 81.3 Å². The fourth-order valence-electron chi connectivity index (χ4n) is 6.16. The van der Waals surface area contributed by atoms with E-state index in [1.807, 2.05) is 0 Å². The fraction of sp³-hybridized carbons (Fsp3) is 0.696. The average Bonchev–Trinajstić information content (AvgIpc) is 2.98. The van der Waals surface area contributed by atoms with Crippen LogP contribution in [0, 0.1) is 0 Å². The average molecular weight is 368 g/mol. The highest BCUT2D eigenvalue weighted by atomic mass is 16.2. The first-order chi connectivity index (χ1) is 13.3. The topological polar surface area (TPSA) is 35.6 Å². The van der Waals surface area contributed by atoms with E-state index in [1.165, 1.54) is 50.5 Å². The van der Waals surface area contributed by atoms with Crippen molar-refractivity contribution in [3.05, 3.63) is 35.9 Å². The lowest BCUT2D eigenvalue weighted by Gasteiger charge is -2.50. The number of carbonyl (C=O) groups excluding carboxylic acids is 1. The van der Waals surface area contributed by atoms with E-state index in [9.17, 15) is 4.79 Å². The number of carbonyl (C=O) groups is 1. The maximum atomic E-state index is 12.8. The van der Waals surface area contributed by atoms with Gasteiger partial charge in [0.2, 0.25) is 5.91 Å². The van der Waals surface area contributed by atoms with Crippen LogP contribution in [-0.2, 0) is 4.79 Å². The Morgan fingerprint density at radius 3 is 2.37 bits per heavy atom. The molecule has 1 spiro atoms. The molecule has 5 rings (SSSR count). The maximum Gasteiger partial charge on any atom is 0.241 e. The third kappa shape index (κ3) is 3.01. The molecule has 1 aromatic rings. The van der Waals surface area contributed by atoms with E-state index < -0.39 is 0 Å². The van der Waals surface area contributed by atoms with Gasteiger partial charge in [-0.25, -0.2) is 0 Å². The van der Waals surface area contributed by atoms with Gasteiger partial charge in [0.15, 0.2) is 0 Å². The van der Waals surface area contributed by atoms with Crippen molar-refractivity contribution >= 4 is 5.91 Å². The summed E-state index contributed by atoms with van der Waals surface area (Å²) in [5, 5.41) is 3.18. The molecule has 2 saturated carbocycles. The Morgan fingerprint density at radius 1 is 0.926 bits per heavy atom. The van der Waals surface area contributed by atoms with Crippen LogP contribution in [-0.4, -0.2) is 53.1 Å². The number of hydrogen-bond donors (Lipinski definition) is 1. The van der Waals surface area contributed by atoms with Crippen molar-refractivity contribution in [1.29, 1.82) is 0 Å². The number of piperidine rings is 1. The molecule has 4 fully saturated rings. The van der Waals surface area contributed by atoms with Gasteiger partial charge in [-0.3, -0.25) is 14.6 Å². The maximum absolute atomic E-state index is 12.8. The molecule has 4 aliphatic rings. The Balaban J connectivity index is 1.31. The van der Waals surface area contributed by atoms with Crippen LogP contribution in [0.4, 0.5) is 0 Å². The minimum atomic E-state index is -0.210. The quantitative estimate of drug-likeness (QED) is 0.888. The Kier molecular flexibility index (Phi) is 4.73. The molecule has 2 aliphatic heterocycles. The number of nitrogens with one attached hydrogen (secondary N) is 1. The van der Waals surface area contributed by atoms with Gasteiger partial charge in [0.25, 0.3) is 0 Å². The number of hydrogen-bond acceptors (Lipinski definition) is 3. The highest BCUT2D eigenvalue weighted by Gasteiger charge is 2.53. The molecule has 2 atom stereocenters. The van der Waals surface area contributed by atoms with Gasteiger partial charge in [0.05, 0.1) is 6.67 Å². The van der Waals surface area contributed by atoms with Crippen molar-refractivity contribution in [2.24, 2.45) is 0 Å². The van der Waals surface area contributed by atoms with Crippen LogP contribution in [0.5, 0.6) is 0 Å². The van der Waals surface area contributed by atoms with Crippen LogP contribution in [0.15, 0.2) is 30.3 Å². The summed E-state index contributed by atoms with van der Waals surface area (Å²) in [5.41, 5.74) is 1.30. The fourth-order valence-corrected chi connectivity index (χ4v) is 6.16. The predicted molar refractivity (Wildman–Crippen MR) is 107 cm³/mol. The second-order valence-corrected chi connectivity index (χ2v) is 9.16. The number of nitrogens with zero attached hydrogens (tertiary/aromatic N) is 2. The van der Waals surface area contributed by atoms with Gasteiger partial charge in [0, 0.05) is 25.2 Å². The highest BCUT2D eigenvalue weighted by Crippen LogP contribution is 2.42. The van der Waals surface area contributed by atoms with Crippen LogP contribution < -0.4 is 5.32 Å². The first kappa shape index (κ1) is 17.7. The van der Waals surface area contributed by atoms with Crippen LogP contribution in [0.3, 0.4) is 0 Å². The van der Waals surface area contributed by atoms with Gasteiger partial charge in [-0.15, -0.1) is 0 Å². The minimum Gasteiger partial charge on any atom is -0.342 e. The summed E-state index contributed by atoms with van der Waals surface area (Å²) >= 11 is 0. The second kappa shape index (κ2) is 7.21. The molecule has 27 heavy (non-hydrogen) atoms. The molecule has 2 saturated heterocycles. The zero-order chi connectivity index (χ0) is 18.3. The lowest BCUT2D eigenvalue weighted by Crippen LogP contribution is -2.61. The van der Waals surface area contributed by atoms with Gasteiger partial charge in [0.1, 0.15) is 5.54 Å². The van der Waals surface area contributed by atoms with E-state index in [1.54, 1.807) is 0 Å². The molecule has 0 bridgehead atoms. The largest absolute Gasteiger partial charge is 0.342 e. The van der Waals surface area contributed by atoms with Crippen molar-refractivity contribution in [3.63, 3.8) is 0 Å². The summed E-state index contributed by atoms with van der Waals surface area (Å²) in [6, 6.07) is 12.4. The number of likely N-dealkylation sites (tertiary alicyclic amines) is 1. The molecule has 0 radical (unpaired) electrons. The lowest BCUT2D eigenvalue weighted by atomic mass is 9.76. The molecule has 1 aromatic carbocycles. The summed E-state index contributed by atoms with van der Waals surface area (Å²) < 4.78 is 0. The Bertz CT molecular complexity index is 663. The van der Waals surface area contributed by atoms with E-state index >= 15 is 0 Å². The molecule has 2 aliphatic carbocycles. The first-order valence-electron chi connectivity index (χ1n) is 11.1. The van der Waals surface area contributed by atoms with Crippen molar-refractivity contribution in [2.75, 3.05) is 19.8 Å². The van der Waals surface area contributed by atoms with Crippen molar-refractivity contribution < 1.29 is 4.79 Å². The zero-order valence-electron chi connectivity index (χ0n) is 16.4. The molecule has 1 N–H and O–H groups in total. The van der Waals surface area contributed by atoms with E-state index in [-0.39, 0.29) is 5.54 Å². The lowest BCUT2D eigenvalue weighted by molar-refractivity contribution is -0.131. The van der Waals surface area contributed by atoms with E-state index in [2.05, 4.69) is 45.4 Å². The zero-order valence-corrected chi connectivity index (χ0v) is 16.4. The van der Waals surface area contributed by atoms with Gasteiger partial charge in [-0.2, -0.15) is 0 Å². The molecule has 2 heterocycles. The summed E-state index contributed by atoms with van der Waals surface area (Å²) in [4.78, 5) is 18.1. The summed E-state index contributed by atoms with van der Waals surface area (Å²) in [5.74, 6) is 0.964. The van der Waals surface area contributed by atoms with Crippen LogP contribution in [0.1, 0.15) is 69.3 Å². The summed E-state index contributed by atoms with van der Waals surface area (Å²) in [6.45, 7) is 2.93. The Labute approximate surface area is 163 Å². The van der Waals surface area contributed by atoms with E-state index in [4.69, 9.17) is 0 Å². The molecular weight excluding hydrogens is 334 g/mol. The summed E-state index contributed by atoms with van der Waals surface area (Å²) in [6.07, 6.45) is 11.2. The smallest absolute Gasteiger partial charge is 0.241 e. The van der Waals surface area contributed by atoms with Crippen molar-refractivity contribution in [3.8, 4) is 0 Å². The molecule has 146 valence electrons. The van der Waals surface area contributed by atoms with Gasteiger partial charge in [-0.05, 0) is 50.0 Å². The molecule has 1 amide bonds. The Hall–Kier alpha value is -1.39. The van der Waals surface area contributed by atoms with Crippen LogP contribution >= 0.6 is 0 Å². The van der Waals surface area contributed by atoms with E-state index in [0.717, 1.165) is 32.6 Å². The van der Waals surface area contributed by atoms with Crippen LogP contribution in [0.25, 0.3) is 0 Å². The molecular formula is C23H33N3O. The number of amides is 1. The van der Waals surface area contributed by atoms with Gasteiger partial charge < -0.3 is 5.32 Å².